The fourth-order valence-electron chi connectivity index (χ4n) is 14.7. The summed E-state index contributed by atoms with van der Waals surface area (Å²) in [7, 11) is 2.09. The maximum absolute atomic E-state index is 11.5. The van der Waals surface area contributed by atoms with E-state index in [4.69, 9.17) is 10.2 Å². The lowest BCUT2D eigenvalue weighted by molar-refractivity contribution is -0.132. The first-order valence-corrected chi connectivity index (χ1v) is 46.4. The van der Waals surface area contributed by atoms with Crippen molar-refractivity contribution < 1.29 is 58.2 Å². The van der Waals surface area contributed by atoms with Crippen LogP contribution in [-0.4, -0.2) is 251 Å². The van der Waals surface area contributed by atoms with Gasteiger partial charge in [-0.25, -0.2) is 0 Å². The number of aliphatic hydroxyl groups excluding tert-OH is 2. The first kappa shape index (κ1) is 109. The fraction of sp³-hybridized carbons (Fsp3) is 0.694. The van der Waals surface area contributed by atoms with E-state index < -0.39 is 0 Å². The van der Waals surface area contributed by atoms with E-state index in [9.17, 15) is 47.9 Å². The third-order valence-corrected chi connectivity index (χ3v) is 21.8. The molecule has 8 saturated heterocycles. The molecule has 0 spiro atoms. The summed E-state index contributed by atoms with van der Waals surface area (Å²) in [6.45, 7) is 38.1. The summed E-state index contributed by atoms with van der Waals surface area (Å²) in [5.74, 6) is 4.16. The predicted octanol–water partition coefficient (Wildman–Crippen LogP) is 16.8. The second kappa shape index (κ2) is 72.1. The molecule has 21 heteroatoms. The molecule has 8 aliphatic heterocycles. The predicted molar refractivity (Wildman–Crippen MR) is 489 cm³/mol. The van der Waals surface area contributed by atoms with E-state index in [1.807, 2.05) is 132 Å². The quantitative estimate of drug-likeness (QED) is 0.0960. The summed E-state index contributed by atoms with van der Waals surface area (Å²) in [6.07, 6.45) is 71.1. The number of allylic oxidation sites excluding steroid dienone is 12. The summed E-state index contributed by atoms with van der Waals surface area (Å²) >= 11 is 0. The topological polar surface area (TPSA) is 240 Å². The number of likely N-dealkylation sites (N-methyl/N-ethyl adjacent to an activating group) is 1. The van der Waals surface area contributed by atoms with Gasteiger partial charge in [0.25, 0.3) is 0 Å². The molecule has 8 amide bonds. The van der Waals surface area contributed by atoms with Gasteiger partial charge in [-0.1, -0.05) is 174 Å². The highest BCUT2D eigenvalue weighted by Crippen LogP contribution is 2.29. The molecule has 0 radical (unpaired) electrons. The van der Waals surface area contributed by atoms with E-state index in [1.165, 1.54) is 134 Å². The smallest absolute Gasteiger partial charge is 0.246 e. The molecule has 21 nitrogen and oxygen atoms in total. The van der Waals surface area contributed by atoms with Crippen LogP contribution in [0.4, 0.5) is 0 Å². The Morgan fingerprint density at radius 2 is 0.538 bits per heavy atom. The number of piperidine rings is 4. The average Bonchev–Trinajstić information content (AvgIpc) is 1.66. The summed E-state index contributed by atoms with van der Waals surface area (Å²) in [4.78, 5) is 130. The van der Waals surface area contributed by atoms with Crippen molar-refractivity contribution >= 4 is 58.8 Å². The minimum Gasteiger partial charge on any atom is -0.396 e. The Hall–Kier alpha value is -7.62. The van der Waals surface area contributed by atoms with Crippen LogP contribution < -0.4 is 0 Å². The number of β-amino-alcohol motifs (C(OH)–C–C–N with tert-alkyl or cyclic N) is 1. The first-order valence-electron chi connectivity index (χ1n) is 46.4. The van der Waals surface area contributed by atoms with Crippen molar-refractivity contribution in [3.8, 4) is 0 Å². The van der Waals surface area contributed by atoms with Gasteiger partial charge in [-0.15, -0.1) is 0 Å². The molecule has 674 valence electrons. The van der Waals surface area contributed by atoms with Gasteiger partial charge in [0.05, 0.1) is 6.10 Å². The lowest BCUT2D eigenvalue weighted by atomic mass is 9.86. The molecular formula is C98H165N9O12. The average molecular weight is 1660 g/mol. The van der Waals surface area contributed by atoms with Gasteiger partial charge in [0, 0.05) is 137 Å². The van der Waals surface area contributed by atoms with Crippen molar-refractivity contribution in [1.82, 2.24) is 44.1 Å². The molecule has 0 aromatic carbocycles. The molecule has 8 heterocycles. The van der Waals surface area contributed by atoms with Crippen LogP contribution in [0.15, 0.2) is 122 Å². The zero-order valence-corrected chi connectivity index (χ0v) is 76.5. The Balaban J connectivity index is 0.000000662. The molecule has 2 atom stereocenters. The molecule has 0 aromatic heterocycles. The van der Waals surface area contributed by atoms with E-state index in [0.717, 1.165) is 169 Å². The summed E-state index contributed by atoms with van der Waals surface area (Å²) in [5, 5.41) is 18.1. The number of ketones is 2. The minimum atomic E-state index is -0.316. The number of aliphatic hydroxyl groups is 2. The number of rotatable bonds is 22. The fourth-order valence-corrected chi connectivity index (χ4v) is 14.7. The van der Waals surface area contributed by atoms with Gasteiger partial charge in [0.1, 0.15) is 0 Å². The third kappa shape index (κ3) is 54.4. The first-order chi connectivity index (χ1) is 57.5. The maximum atomic E-state index is 11.5. The highest BCUT2D eigenvalue weighted by atomic mass is 16.3. The van der Waals surface area contributed by atoms with E-state index in [1.54, 1.807) is 77.8 Å². The highest BCUT2D eigenvalue weighted by Gasteiger charge is 2.27. The molecule has 10 fully saturated rings. The van der Waals surface area contributed by atoms with Gasteiger partial charge >= 0.3 is 0 Å². The van der Waals surface area contributed by atoms with E-state index >= 15 is 0 Å². The van der Waals surface area contributed by atoms with Crippen LogP contribution >= 0.6 is 0 Å². The molecule has 10 rings (SSSR count). The minimum absolute atomic E-state index is 0.00375. The van der Waals surface area contributed by atoms with Gasteiger partial charge in [-0.3, -0.25) is 47.9 Å². The van der Waals surface area contributed by atoms with Gasteiger partial charge in [-0.05, 0) is 247 Å². The Kier molecular flexibility index (Phi) is 66.2. The molecule has 0 aromatic rings. The van der Waals surface area contributed by atoms with E-state index in [2.05, 4.69) is 32.7 Å². The SMILES string of the molecule is CC/C=C/C(=O)CC1CCCC1.CC/C=C/C(=O)CC1CCCCC1.CC/C=C/C(=O)N1CCCC1.CC/C=C/C(=O)N1CCCCC1.CC/C=C/C(=O)N1CCCCC1.CC/C=C/C(=O)N1CCCCC1.CC/C=C/C(=O)N1CCN(C)CC1.CC=CC(=O)N1CC(C)C1.CC=CC(=O)N1CCC[C@@H](CO)C1.CC=CC(=O)N1CC[C@H](O)C1. The lowest BCUT2D eigenvalue weighted by Gasteiger charge is -2.36. The Labute approximate surface area is 721 Å². The van der Waals surface area contributed by atoms with E-state index in [0.29, 0.717) is 55.4 Å². The number of nitrogens with zero attached hydrogens (tertiary/aromatic N) is 9. The normalized spacial score (nSPS) is 20.1. The molecule has 2 saturated carbocycles. The largest absolute Gasteiger partial charge is 0.396 e. The number of hydrogen-bond acceptors (Lipinski definition) is 13. The third-order valence-electron chi connectivity index (χ3n) is 21.8. The summed E-state index contributed by atoms with van der Waals surface area (Å²) < 4.78 is 0. The van der Waals surface area contributed by atoms with Crippen LogP contribution in [0.25, 0.3) is 0 Å². The van der Waals surface area contributed by atoms with Gasteiger partial charge in [-0.2, -0.15) is 0 Å². The summed E-state index contributed by atoms with van der Waals surface area (Å²) in [6, 6.07) is 0. The molecule has 2 aliphatic carbocycles. The monoisotopic (exact) mass is 1660 g/mol. The number of amides is 8. The van der Waals surface area contributed by atoms with Crippen LogP contribution in [0.3, 0.4) is 0 Å². The standard InChI is InChI=1S/C12H20O.C11H18O.C10H18N2O.C10H17NO2.3C10H17NO.C9H15NO.C8H13NO2.C8H13NO/c1-2-3-9-12(13)10-11-7-5-4-6-8-11;1-2-3-8-11(12)9-10-6-4-5-7-10;1-3-4-5-10(13)12-8-6-11(2)7-9-12;1-2-4-10(13)11-6-3-5-9(7-11)8-12;3*1-2-3-7-10(12)11-8-5-4-6-9-11;1-2-3-6-9(11)10-7-4-5-8-10;1-2-3-8(11)9-5-4-7(10)6-9;1-3-4-8(10)9-5-7(2)6-9/h3,9,11H,2,4-8,10H2,1H3;3,8,10H,2,4-7,9H2,1H3;4-5H,3,6-9H2,1-2H3;2,4,9,12H,3,5-8H2,1H3;3*3,7H,2,4-6,8-9H2,1H3;3,6H,2,4-5,7-8H2,1H3;2-3,7,10H,4-6H2,1H3;3-4,7H,5-6H2,1-2H3/b9-3+;8-3+;5-4+;;3*7-3+;6-3+;;/t;;;9-;;;;;7-;/m...1....0./s1. The van der Waals surface area contributed by atoms with Gasteiger partial charge < -0.3 is 54.3 Å². The van der Waals surface area contributed by atoms with Crippen molar-refractivity contribution in [2.45, 2.75) is 288 Å². The van der Waals surface area contributed by atoms with Crippen molar-refractivity contribution in [1.29, 1.82) is 0 Å². The number of likely N-dealkylation sites (tertiary alicyclic amines) is 7. The second-order valence-electron chi connectivity index (χ2n) is 32.5. The molecule has 0 unspecified atom stereocenters. The van der Waals surface area contributed by atoms with Gasteiger partial charge in [0.2, 0.25) is 47.3 Å². The van der Waals surface area contributed by atoms with E-state index in [-0.39, 0.29) is 65.9 Å². The van der Waals surface area contributed by atoms with Crippen molar-refractivity contribution in [3.63, 3.8) is 0 Å². The molecule has 119 heavy (non-hydrogen) atoms. The number of carbonyl (C=O) groups is 10. The number of piperazine rings is 1. The zero-order chi connectivity index (χ0) is 88.1. The summed E-state index contributed by atoms with van der Waals surface area (Å²) in [5.41, 5.74) is 0. The van der Waals surface area contributed by atoms with Crippen LogP contribution in [0.1, 0.15) is 282 Å². The van der Waals surface area contributed by atoms with Crippen LogP contribution in [0, 0.1) is 23.7 Å². The van der Waals surface area contributed by atoms with Crippen molar-refractivity contribution in [2.75, 3.05) is 131 Å². The Morgan fingerprint density at radius 3 is 0.832 bits per heavy atom. The lowest BCUT2D eigenvalue weighted by Crippen LogP contribution is -2.47. The number of carbonyl (C=O) groups excluding carboxylic acids is 10. The Morgan fingerprint density at radius 1 is 0.277 bits per heavy atom. The molecular weight excluding hydrogens is 1500 g/mol. The Bertz CT molecular complexity index is 2990. The number of hydrogen-bond donors (Lipinski definition) is 2. The van der Waals surface area contributed by atoms with Crippen LogP contribution in [0.2, 0.25) is 0 Å². The molecule has 0 bridgehead atoms. The second-order valence-corrected chi connectivity index (χ2v) is 32.5. The van der Waals surface area contributed by atoms with Crippen molar-refractivity contribution in [2.24, 2.45) is 23.7 Å². The van der Waals surface area contributed by atoms with Gasteiger partial charge in [0.15, 0.2) is 11.6 Å². The van der Waals surface area contributed by atoms with Crippen molar-refractivity contribution in [3.05, 3.63) is 122 Å². The molecule has 10 aliphatic rings. The maximum Gasteiger partial charge on any atom is 0.246 e. The molecule has 2 N–H and O–H groups in total. The van der Waals surface area contributed by atoms with Crippen LogP contribution in [-0.2, 0) is 47.9 Å². The highest BCUT2D eigenvalue weighted by molar-refractivity contribution is 5.92. The zero-order valence-electron chi connectivity index (χ0n) is 76.5. The van der Waals surface area contributed by atoms with Crippen LogP contribution in [0.5, 0.6) is 0 Å².